The summed E-state index contributed by atoms with van der Waals surface area (Å²) in [4.78, 5) is 4.40. The molecular formula is C9H6F3NS2. The number of rotatable bonds is 1. The minimum Gasteiger partial charge on any atom is -0.231 e. The van der Waals surface area contributed by atoms with E-state index in [1.54, 1.807) is 0 Å². The molecule has 0 aromatic carbocycles. The molecule has 2 aromatic heterocycles. The number of hydrogen-bond donors (Lipinski definition) is 0. The SMILES string of the molecule is Cc1ccsc1-c1csc(C(F)(F)F)n1. The predicted molar refractivity (Wildman–Crippen MR) is 55.2 cm³/mol. The molecule has 0 spiro atoms. The molecule has 1 nitrogen and oxygen atoms in total. The van der Waals surface area contributed by atoms with E-state index in [9.17, 15) is 13.2 Å². The Bertz CT molecular complexity index is 470. The fraction of sp³-hybridized carbons (Fsp3) is 0.222. The van der Waals surface area contributed by atoms with Crippen molar-refractivity contribution in [2.75, 3.05) is 0 Å². The number of nitrogens with zero attached hydrogens (tertiary/aromatic N) is 1. The second-order valence-electron chi connectivity index (χ2n) is 2.97. The maximum atomic E-state index is 12.3. The highest BCUT2D eigenvalue weighted by Gasteiger charge is 2.34. The molecule has 0 bridgehead atoms. The molecule has 15 heavy (non-hydrogen) atoms. The van der Waals surface area contributed by atoms with Gasteiger partial charge in [0.25, 0.3) is 0 Å². The van der Waals surface area contributed by atoms with Gasteiger partial charge >= 0.3 is 6.18 Å². The van der Waals surface area contributed by atoms with E-state index >= 15 is 0 Å². The average Bonchev–Trinajstić information content (AvgIpc) is 2.69. The highest BCUT2D eigenvalue weighted by Crippen LogP contribution is 2.36. The zero-order valence-corrected chi connectivity index (χ0v) is 9.26. The van der Waals surface area contributed by atoms with Crippen LogP contribution in [0.3, 0.4) is 0 Å². The van der Waals surface area contributed by atoms with Crippen molar-refractivity contribution < 1.29 is 13.2 Å². The molecule has 0 saturated heterocycles. The third-order valence-corrected chi connectivity index (χ3v) is 3.77. The second-order valence-corrected chi connectivity index (χ2v) is 4.74. The Morgan fingerprint density at radius 2 is 2.00 bits per heavy atom. The van der Waals surface area contributed by atoms with E-state index in [0.717, 1.165) is 10.4 Å². The first-order chi connectivity index (χ1) is 6.98. The van der Waals surface area contributed by atoms with Crippen LogP contribution >= 0.6 is 22.7 Å². The molecule has 0 aliphatic carbocycles. The summed E-state index contributed by atoms with van der Waals surface area (Å²) in [5, 5.41) is 2.50. The predicted octanol–water partition coefficient (Wildman–Crippen LogP) is 4.20. The average molecular weight is 249 g/mol. The van der Waals surface area contributed by atoms with Crippen molar-refractivity contribution in [3.05, 3.63) is 27.4 Å². The number of thiophene rings is 1. The summed E-state index contributed by atoms with van der Waals surface area (Å²) in [6.45, 7) is 1.86. The molecule has 0 unspecified atom stereocenters. The lowest BCUT2D eigenvalue weighted by Crippen LogP contribution is -2.03. The van der Waals surface area contributed by atoms with Crippen LogP contribution < -0.4 is 0 Å². The van der Waals surface area contributed by atoms with Gasteiger partial charge in [0, 0.05) is 5.38 Å². The Kier molecular flexibility index (Phi) is 2.56. The number of halogens is 3. The van der Waals surface area contributed by atoms with Crippen molar-refractivity contribution >= 4 is 22.7 Å². The van der Waals surface area contributed by atoms with Crippen LogP contribution in [0.2, 0.25) is 0 Å². The minimum atomic E-state index is -4.34. The van der Waals surface area contributed by atoms with Crippen LogP contribution in [-0.4, -0.2) is 4.98 Å². The van der Waals surface area contributed by atoms with Crippen molar-refractivity contribution in [1.82, 2.24) is 4.98 Å². The van der Waals surface area contributed by atoms with Crippen LogP contribution in [0.25, 0.3) is 10.6 Å². The van der Waals surface area contributed by atoms with Gasteiger partial charge in [-0.25, -0.2) is 4.98 Å². The van der Waals surface area contributed by atoms with Gasteiger partial charge in [-0.3, -0.25) is 0 Å². The van der Waals surface area contributed by atoms with Crippen molar-refractivity contribution in [1.29, 1.82) is 0 Å². The molecule has 0 saturated carbocycles. The lowest BCUT2D eigenvalue weighted by Gasteiger charge is -1.99. The summed E-state index contributed by atoms with van der Waals surface area (Å²) in [5.41, 5.74) is 1.37. The zero-order chi connectivity index (χ0) is 11.1. The number of hydrogen-bond acceptors (Lipinski definition) is 3. The lowest BCUT2D eigenvalue weighted by atomic mass is 10.2. The van der Waals surface area contributed by atoms with Gasteiger partial charge in [0.2, 0.25) is 0 Å². The van der Waals surface area contributed by atoms with Crippen LogP contribution in [0.4, 0.5) is 13.2 Å². The van der Waals surface area contributed by atoms with Crippen LogP contribution in [0, 0.1) is 6.92 Å². The monoisotopic (exact) mass is 249 g/mol. The molecular weight excluding hydrogens is 243 g/mol. The van der Waals surface area contributed by atoms with Gasteiger partial charge in [0.05, 0.1) is 10.6 Å². The first kappa shape index (κ1) is 10.6. The second kappa shape index (κ2) is 3.61. The normalized spacial score (nSPS) is 12.0. The smallest absolute Gasteiger partial charge is 0.231 e. The molecule has 0 amide bonds. The Morgan fingerprint density at radius 3 is 2.47 bits per heavy atom. The highest BCUT2D eigenvalue weighted by atomic mass is 32.1. The number of aryl methyl sites for hydroxylation is 1. The summed E-state index contributed by atoms with van der Waals surface area (Å²) < 4.78 is 36.9. The van der Waals surface area contributed by atoms with Crippen molar-refractivity contribution in [3.63, 3.8) is 0 Å². The molecule has 0 radical (unpaired) electrons. The van der Waals surface area contributed by atoms with E-state index in [-0.39, 0.29) is 0 Å². The molecule has 2 aromatic rings. The Labute approximate surface area is 92.2 Å². The first-order valence-corrected chi connectivity index (χ1v) is 5.81. The summed E-state index contributed by atoms with van der Waals surface area (Å²) in [7, 11) is 0. The molecule has 6 heteroatoms. The van der Waals surface area contributed by atoms with Crippen molar-refractivity contribution in [2.24, 2.45) is 0 Å². The Balaban J connectivity index is 2.41. The largest absolute Gasteiger partial charge is 0.443 e. The van der Waals surface area contributed by atoms with E-state index in [2.05, 4.69) is 4.98 Å². The van der Waals surface area contributed by atoms with Gasteiger partial charge in [-0.2, -0.15) is 13.2 Å². The van der Waals surface area contributed by atoms with Crippen LogP contribution in [0.1, 0.15) is 10.6 Å². The van der Waals surface area contributed by atoms with E-state index in [4.69, 9.17) is 0 Å². The summed E-state index contributed by atoms with van der Waals surface area (Å²) >= 11 is 2.04. The molecule has 0 N–H and O–H groups in total. The zero-order valence-electron chi connectivity index (χ0n) is 7.63. The fourth-order valence-corrected chi connectivity index (χ4v) is 2.78. The van der Waals surface area contributed by atoms with Crippen LogP contribution in [0.15, 0.2) is 16.8 Å². The van der Waals surface area contributed by atoms with E-state index in [1.165, 1.54) is 16.7 Å². The fourth-order valence-electron chi connectivity index (χ4n) is 1.14. The molecule has 0 fully saturated rings. The Morgan fingerprint density at radius 1 is 1.27 bits per heavy atom. The van der Waals surface area contributed by atoms with E-state index < -0.39 is 11.2 Å². The van der Waals surface area contributed by atoms with Crippen molar-refractivity contribution in [2.45, 2.75) is 13.1 Å². The molecule has 80 valence electrons. The van der Waals surface area contributed by atoms with Crippen LogP contribution in [0.5, 0.6) is 0 Å². The quantitative estimate of drug-likeness (QED) is 0.738. The molecule has 2 rings (SSSR count). The maximum absolute atomic E-state index is 12.3. The van der Waals surface area contributed by atoms with Crippen LogP contribution in [-0.2, 0) is 6.18 Å². The molecule has 0 aliphatic rings. The molecule has 2 heterocycles. The third-order valence-electron chi connectivity index (χ3n) is 1.84. The Hall–Kier alpha value is -0.880. The van der Waals surface area contributed by atoms with Gasteiger partial charge < -0.3 is 0 Å². The standard InChI is InChI=1S/C9H6F3NS2/c1-5-2-3-14-7(5)6-4-15-8(13-6)9(10,11)12/h2-4H,1H3. The lowest BCUT2D eigenvalue weighted by molar-refractivity contribution is -0.137. The van der Waals surface area contributed by atoms with Gasteiger partial charge in [-0.1, -0.05) is 0 Å². The van der Waals surface area contributed by atoms with Gasteiger partial charge in [0.15, 0.2) is 5.01 Å². The summed E-state index contributed by atoms with van der Waals surface area (Å²) in [6, 6.07) is 1.87. The maximum Gasteiger partial charge on any atom is 0.443 e. The highest BCUT2D eigenvalue weighted by molar-refractivity contribution is 7.14. The summed E-state index contributed by atoms with van der Waals surface area (Å²) in [5.74, 6) is 0. The first-order valence-electron chi connectivity index (χ1n) is 4.05. The molecule has 0 atom stereocenters. The summed E-state index contributed by atoms with van der Waals surface area (Å²) in [6.07, 6.45) is -4.34. The number of alkyl halides is 3. The topological polar surface area (TPSA) is 12.9 Å². The van der Waals surface area contributed by atoms with Crippen molar-refractivity contribution in [3.8, 4) is 10.6 Å². The third kappa shape index (κ3) is 2.05. The molecule has 0 aliphatic heterocycles. The minimum absolute atomic E-state index is 0.417. The van der Waals surface area contributed by atoms with Gasteiger partial charge in [0.1, 0.15) is 0 Å². The van der Waals surface area contributed by atoms with E-state index in [0.29, 0.717) is 17.0 Å². The van der Waals surface area contributed by atoms with Gasteiger partial charge in [-0.05, 0) is 23.9 Å². The van der Waals surface area contributed by atoms with Gasteiger partial charge in [-0.15, -0.1) is 22.7 Å². The number of thiazole rings is 1. The van der Waals surface area contributed by atoms with E-state index in [1.807, 2.05) is 18.4 Å². The number of aromatic nitrogens is 1.